The molecule has 2 heterocycles. The number of anilines is 1. The molecule has 0 atom stereocenters. The van der Waals surface area contributed by atoms with Crippen molar-refractivity contribution in [2.45, 2.75) is 13.0 Å². The number of amides is 1. The number of aryl methyl sites for hydroxylation is 2. The maximum atomic E-state index is 12.0. The van der Waals surface area contributed by atoms with Gasteiger partial charge in [0.2, 0.25) is 0 Å². The molecule has 0 fully saturated rings. The maximum Gasteiger partial charge on any atom is 0.275 e. The molecular formula is C16H15N5O. The van der Waals surface area contributed by atoms with Gasteiger partial charge < -0.3 is 5.32 Å². The fourth-order valence-corrected chi connectivity index (χ4v) is 2.05. The zero-order chi connectivity index (χ0) is 15.2. The lowest BCUT2D eigenvalue weighted by atomic mass is 10.1. The molecule has 0 aliphatic heterocycles. The Morgan fingerprint density at radius 1 is 1.14 bits per heavy atom. The molecule has 3 aromatic rings. The monoisotopic (exact) mass is 293 g/mol. The molecule has 1 aromatic carbocycles. The summed E-state index contributed by atoms with van der Waals surface area (Å²) in [5, 5.41) is 7.00. The van der Waals surface area contributed by atoms with Gasteiger partial charge in [0, 0.05) is 25.1 Å². The Balaban J connectivity index is 1.58. The average molecular weight is 293 g/mol. The third kappa shape index (κ3) is 3.54. The second-order valence-electron chi connectivity index (χ2n) is 4.77. The number of carbonyl (C=O) groups is 1. The molecule has 0 saturated carbocycles. The van der Waals surface area contributed by atoms with Crippen molar-refractivity contribution in [3.63, 3.8) is 0 Å². The predicted molar refractivity (Wildman–Crippen MR) is 82.4 cm³/mol. The summed E-state index contributed by atoms with van der Waals surface area (Å²) in [6.07, 6.45) is 8.75. The Kier molecular flexibility index (Phi) is 4.20. The number of nitrogens with one attached hydrogen (secondary N) is 1. The fourth-order valence-electron chi connectivity index (χ4n) is 2.05. The number of benzene rings is 1. The van der Waals surface area contributed by atoms with Gasteiger partial charge >= 0.3 is 0 Å². The summed E-state index contributed by atoms with van der Waals surface area (Å²) in [5.41, 5.74) is 2.17. The highest BCUT2D eigenvalue weighted by molar-refractivity contribution is 6.02. The minimum Gasteiger partial charge on any atom is -0.318 e. The van der Waals surface area contributed by atoms with Crippen molar-refractivity contribution in [3.05, 3.63) is 72.6 Å². The van der Waals surface area contributed by atoms with E-state index in [0.29, 0.717) is 5.69 Å². The minimum absolute atomic E-state index is 0.277. The number of rotatable bonds is 5. The fraction of sp³-hybridized carbons (Fsp3) is 0.125. The van der Waals surface area contributed by atoms with Crippen LogP contribution in [0.3, 0.4) is 0 Å². The summed E-state index contributed by atoms with van der Waals surface area (Å²) in [6.45, 7) is 0.755. The SMILES string of the molecule is O=C(Nc1cnn(CCc2ccccc2)c1)c1cnccn1. The predicted octanol–water partition coefficient (Wildman–Crippen LogP) is 2.17. The Morgan fingerprint density at radius 2 is 2.00 bits per heavy atom. The summed E-state index contributed by atoms with van der Waals surface area (Å²) >= 11 is 0. The molecule has 3 rings (SSSR count). The van der Waals surface area contributed by atoms with Crippen molar-refractivity contribution in [2.75, 3.05) is 5.32 Å². The van der Waals surface area contributed by atoms with Gasteiger partial charge in [-0.1, -0.05) is 30.3 Å². The molecule has 0 radical (unpaired) electrons. The third-order valence-corrected chi connectivity index (χ3v) is 3.16. The molecule has 6 nitrogen and oxygen atoms in total. The smallest absolute Gasteiger partial charge is 0.275 e. The van der Waals surface area contributed by atoms with Crippen LogP contribution in [0.25, 0.3) is 0 Å². The molecule has 0 spiro atoms. The van der Waals surface area contributed by atoms with Crippen LogP contribution < -0.4 is 5.32 Å². The molecule has 0 aliphatic rings. The summed E-state index contributed by atoms with van der Waals surface area (Å²) < 4.78 is 1.80. The highest BCUT2D eigenvalue weighted by Crippen LogP contribution is 2.08. The van der Waals surface area contributed by atoms with E-state index >= 15 is 0 Å². The summed E-state index contributed by atoms with van der Waals surface area (Å²) in [4.78, 5) is 19.8. The first kappa shape index (κ1) is 13.9. The summed E-state index contributed by atoms with van der Waals surface area (Å²) in [5.74, 6) is -0.296. The van der Waals surface area contributed by atoms with Crippen molar-refractivity contribution in [3.8, 4) is 0 Å². The van der Waals surface area contributed by atoms with E-state index in [1.807, 2.05) is 18.2 Å². The lowest BCUT2D eigenvalue weighted by molar-refractivity contribution is 0.102. The molecule has 0 saturated heterocycles. The summed E-state index contributed by atoms with van der Waals surface area (Å²) in [6, 6.07) is 10.2. The van der Waals surface area contributed by atoms with Crippen molar-refractivity contribution in [1.29, 1.82) is 0 Å². The second-order valence-corrected chi connectivity index (χ2v) is 4.77. The van der Waals surface area contributed by atoms with Gasteiger partial charge in [-0.2, -0.15) is 5.10 Å². The molecule has 6 heteroatoms. The molecule has 0 unspecified atom stereocenters. The number of hydrogen-bond donors (Lipinski definition) is 1. The molecule has 1 N–H and O–H groups in total. The van der Waals surface area contributed by atoms with Crippen LogP contribution in [-0.4, -0.2) is 25.7 Å². The molecular weight excluding hydrogens is 278 g/mol. The molecule has 0 aliphatic carbocycles. The zero-order valence-electron chi connectivity index (χ0n) is 11.9. The minimum atomic E-state index is -0.296. The number of hydrogen-bond acceptors (Lipinski definition) is 4. The normalized spacial score (nSPS) is 10.4. The van der Waals surface area contributed by atoms with Crippen LogP contribution in [0, 0.1) is 0 Å². The molecule has 2 aromatic heterocycles. The molecule has 110 valence electrons. The van der Waals surface area contributed by atoms with Crippen molar-refractivity contribution in [2.24, 2.45) is 0 Å². The Bertz CT molecular complexity index is 739. The van der Waals surface area contributed by atoms with Gasteiger partial charge in [0.15, 0.2) is 0 Å². The standard InChI is InChI=1S/C16H15N5O/c22-16(15-11-17-7-8-18-15)20-14-10-19-21(12-14)9-6-13-4-2-1-3-5-13/h1-5,7-8,10-12H,6,9H2,(H,20,22). The van der Waals surface area contributed by atoms with Gasteiger partial charge in [0.05, 0.1) is 18.1 Å². The van der Waals surface area contributed by atoms with Crippen LogP contribution in [0.4, 0.5) is 5.69 Å². The first-order chi connectivity index (χ1) is 10.8. The number of aromatic nitrogens is 4. The van der Waals surface area contributed by atoms with E-state index in [1.165, 1.54) is 24.2 Å². The molecule has 22 heavy (non-hydrogen) atoms. The van der Waals surface area contributed by atoms with Gasteiger partial charge in [-0.05, 0) is 12.0 Å². The Labute approximate surface area is 127 Å². The first-order valence-corrected chi connectivity index (χ1v) is 6.95. The van der Waals surface area contributed by atoms with E-state index in [0.717, 1.165) is 13.0 Å². The quantitative estimate of drug-likeness (QED) is 0.782. The van der Waals surface area contributed by atoms with E-state index in [4.69, 9.17) is 0 Å². The van der Waals surface area contributed by atoms with Crippen LogP contribution >= 0.6 is 0 Å². The van der Waals surface area contributed by atoms with Crippen molar-refractivity contribution >= 4 is 11.6 Å². The third-order valence-electron chi connectivity index (χ3n) is 3.16. The van der Waals surface area contributed by atoms with Crippen LogP contribution in [-0.2, 0) is 13.0 Å². The van der Waals surface area contributed by atoms with Crippen molar-refractivity contribution in [1.82, 2.24) is 19.7 Å². The van der Waals surface area contributed by atoms with E-state index in [9.17, 15) is 4.79 Å². The lowest BCUT2D eigenvalue weighted by Gasteiger charge is -2.02. The Hall–Kier alpha value is -3.02. The van der Waals surface area contributed by atoms with Crippen LogP contribution in [0.15, 0.2) is 61.3 Å². The number of carbonyl (C=O) groups excluding carboxylic acids is 1. The van der Waals surface area contributed by atoms with Gasteiger partial charge in [-0.3, -0.25) is 14.5 Å². The van der Waals surface area contributed by atoms with Crippen LogP contribution in [0.2, 0.25) is 0 Å². The van der Waals surface area contributed by atoms with E-state index in [2.05, 4.69) is 32.5 Å². The first-order valence-electron chi connectivity index (χ1n) is 6.95. The Morgan fingerprint density at radius 3 is 2.77 bits per heavy atom. The second kappa shape index (κ2) is 6.62. The van der Waals surface area contributed by atoms with Gasteiger partial charge in [-0.15, -0.1) is 0 Å². The maximum absolute atomic E-state index is 12.0. The van der Waals surface area contributed by atoms with E-state index < -0.39 is 0 Å². The van der Waals surface area contributed by atoms with E-state index in [1.54, 1.807) is 17.1 Å². The topological polar surface area (TPSA) is 72.7 Å². The molecule has 0 bridgehead atoms. The van der Waals surface area contributed by atoms with Crippen LogP contribution in [0.1, 0.15) is 16.1 Å². The van der Waals surface area contributed by atoms with Gasteiger partial charge in [0.1, 0.15) is 5.69 Å². The van der Waals surface area contributed by atoms with Gasteiger partial charge in [-0.25, -0.2) is 4.98 Å². The highest BCUT2D eigenvalue weighted by Gasteiger charge is 2.08. The number of nitrogens with zero attached hydrogens (tertiary/aromatic N) is 4. The highest BCUT2D eigenvalue weighted by atomic mass is 16.1. The molecule has 1 amide bonds. The zero-order valence-corrected chi connectivity index (χ0v) is 11.9. The van der Waals surface area contributed by atoms with E-state index in [-0.39, 0.29) is 11.6 Å². The van der Waals surface area contributed by atoms with Crippen LogP contribution in [0.5, 0.6) is 0 Å². The summed E-state index contributed by atoms with van der Waals surface area (Å²) in [7, 11) is 0. The van der Waals surface area contributed by atoms with Gasteiger partial charge in [0.25, 0.3) is 5.91 Å². The largest absolute Gasteiger partial charge is 0.318 e. The average Bonchev–Trinajstić information content (AvgIpc) is 3.02. The lowest BCUT2D eigenvalue weighted by Crippen LogP contribution is -2.13. The van der Waals surface area contributed by atoms with Crippen molar-refractivity contribution < 1.29 is 4.79 Å².